The minimum atomic E-state index is -2.15. The van der Waals surface area contributed by atoms with Gasteiger partial charge in [0.25, 0.3) is 12.9 Å². The SMILES string of the molecule is COC(=O)c1ccc(Oc2c(F)c(F)c3c(c2F)-c2nc-3nc3[nH]c(nc4nc(nc5[nH]c(n2)c2c(F)c(F)c(Oc6ccc(COC=O)cc6C)c(F)c52)-c2c(F)c(F)c(Oc5ccc(COC=O)cc5C)c(F)c2-4)c2c(F)c(F)c(Oc4ccc(C(=O)OC)cc4C)c(F)c32)c(C)c1. The van der Waals surface area contributed by atoms with E-state index in [1.165, 1.54) is 64.1 Å². The lowest BCUT2D eigenvalue weighted by Crippen LogP contribution is -2.04. The number of fused-ring (bicyclic) bond motifs is 20. The van der Waals surface area contributed by atoms with Crippen LogP contribution in [0.5, 0.6) is 46.0 Å². The summed E-state index contributed by atoms with van der Waals surface area (Å²) < 4.78 is 250. The predicted octanol–water partition coefficient (Wildman–Crippen LogP) is 15.9. The number of halogens is 12. The number of hydrogen-bond donors (Lipinski definition) is 2. The number of methoxy groups -OCH3 is 2. The van der Waals surface area contributed by atoms with E-state index in [9.17, 15) is 19.2 Å². The molecule has 0 amide bonds. The van der Waals surface area contributed by atoms with Crippen molar-refractivity contribution < 1.29 is 110 Å². The predicted molar refractivity (Wildman–Crippen MR) is 325 cm³/mol. The summed E-state index contributed by atoms with van der Waals surface area (Å²) in [5, 5.41) is -5.10. The maximum Gasteiger partial charge on any atom is 0.337 e. The third-order valence-electron chi connectivity index (χ3n) is 15.9. The number of hydrogen-bond acceptors (Lipinski definition) is 18. The molecule has 32 heteroatoms. The van der Waals surface area contributed by atoms with Crippen molar-refractivity contribution >= 4 is 69.0 Å². The first-order valence-corrected chi connectivity index (χ1v) is 28.9. The van der Waals surface area contributed by atoms with Crippen LogP contribution in [0.2, 0.25) is 0 Å². The van der Waals surface area contributed by atoms with Gasteiger partial charge < -0.3 is 47.9 Å². The Morgan fingerprint density at radius 2 is 0.640 bits per heavy atom. The average Bonchev–Trinajstić information content (AvgIpc) is 1.56. The Morgan fingerprint density at radius 3 is 0.940 bits per heavy atom. The maximum atomic E-state index is 17.8. The quantitative estimate of drug-likeness (QED) is 0.0300. The molecule has 20 nitrogen and oxygen atoms in total. The van der Waals surface area contributed by atoms with Crippen molar-refractivity contribution in [2.45, 2.75) is 40.9 Å². The van der Waals surface area contributed by atoms with Gasteiger partial charge in [0.05, 0.1) is 69.1 Å². The number of esters is 2. The summed E-state index contributed by atoms with van der Waals surface area (Å²) in [6, 6.07) is 14.3. The van der Waals surface area contributed by atoms with Crippen molar-refractivity contribution in [3.63, 3.8) is 0 Å². The molecule has 13 rings (SSSR count). The highest BCUT2D eigenvalue weighted by Gasteiger charge is 2.39. The molecular weight excluding hydrogens is 1350 g/mol. The number of aromatic amines is 2. The van der Waals surface area contributed by atoms with Gasteiger partial charge in [-0.1, -0.05) is 12.1 Å². The fourth-order valence-corrected chi connectivity index (χ4v) is 11.2. The molecule has 8 bridgehead atoms. The maximum absolute atomic E-state index is 17.8. The molecule has 2 aliphatic heterocycles. The second-order valence-electron chi connectivity index (χ2n) is 22.1. The van der Waals surface area contributed by atoms with Gasteiger partial charge in [0.15, 0.2) is 69.8 Å². The molecule has 8 aromatic carbocycles. The Morgan fingerprint density at radius 1 is 0.360 bits per heavy atom. The summed E-state index contributed by atoms with van der Waals surface area (Å²) in [4.78, 5) is 76.2. The molecule has 2 N–H and O–H groups in total. The molecule has 0 radical (unpaired) electrons. The van der Waals surface area contributed by atoms with Crippen molar-refractivity contribution in [2.75, 3.05) is 14.2 Å². The zero-order valence-electron chi connectivity index (χ0n) is 51.6. The Hall–Kier alpha value is -12.6. The summed E-state index contributed by atoms with van der Waals surface area (Å²) in [7, 11) is 2.13. The highest BCUT2D eigenvalue weighted by molar-refractivity contribution is 6.08. The molecule has 0 saturated carbocycles. The minimum Gasteiger partial charge on any atom is -0.465 e. The number of aryl methyl sites for hydroxylation is 4. The van der Waals surface area contributed by atoms with Crippen LogP contribution in [0, 0.1) is 97.5 Å². The summed E-state index contributed by atoms with van der Waals surface area (Å²) >= 11 is 0. The standard InChI is InChI=1S/C68H38F12N8O12/c1-23-15-27(19-95-21-89)7-11-31(23)97-55-47(73)39-35(43(69)51(55)77)59-81-63-40-36(44(70)52(78)56(48(40)74)98-32-12-8-28(16-24(32)2)20-96-22-90)60(83-63)85-65-42-38(46(72)54(80)58(50(42)76)100-34-14-10-30(18-26(34)4)68(92)94-6)62(87-65)88-66-41-37(61(86-66)84-64(39)82-59)45(71)53(79)57(49(41)75)99-33-13-9-29(17-25(33)3)67(91)93-5/h7-18,21-22H,19-20H2,1-6H3,(H2,81,82,83,84,85,86,87,88). The van der Waals surface area contributed by atoms with Crippen LogP contribution in [0.15, 0.2) is 72.8 Å². The van der Waals surface area contributed by atoms with Crippen LogP contribution in [0.1, 0.15) is 54.1 Å². The van der Waals surface area contributed by atoms with Gasteiger partial charge >= 0.3 is 11.9 Å². The monoisotopic (exact) mass is 1390 g/mol. The van der Waals surface area contributed by atoms with Gasteiger partial charge in [-0.15, -0.1) is 0 Å². The zero-order valence-corrected chi connectivity index (χ0v) is 51.6. The van der Waals surface area contributed by atoms with Gasteiger partial charge in [0, 0.05) is 0 Å². The highest BCUT2D eigenvalue weighted by atomic mass is 19.2. The second-order valence-corrected chi connectivity index (χ2v) is 22.1. The molecule has 11 aromatic rings. The molecule has 0 fully saturated rings. The van der Waals surface area contributed by atoms with Crippen LogP contribution in [0.4, 0.5) is 52.7 Å². The molecule has 5 heterocycles. The first-order chi connectivity index (χ1) is 47.9. The van der Waals surface area contributed by atoms with E-state index >= 15 is 52.7 Å². The van der Waals surface area contributed by atoms with Crippen LogP contribution in [0.25, 0.3) is 89.7 Å². The molecule has 0 spiro atoms. The van der Waals surface area contributed by atoms with Gasteiger partial charge in [-0.05, 0) is 122 Å². The molecule has 0 unspecified atom stereocenters. The summed E-state index contributed by atoms with van der Waals surface area (Å²) in [6.07, 6.45) is 0. The Balaban J connectivity index is 1.15. The molecular formula is C68H38F12N8O12. The van der Waals surface area contributed by atoms with E-state index in [2.05, 4.69) is 39.9 Å². The van der Waals surface area contributed by atoms with Crippen LogP contribution in [-0.4, -0.2) is 79.0 Å². The van der Waals surface area contributed by atoms with Crippen LogP contribution in [-0.2, 0) is 41.8 Å². The third kappa shape index (κ3) is 11.0. The van der Waals surface area contributed by atoms with Crippen molar-refractivity contribution in [3.8, 4) is 91.5 Å². The topological polar surface area (TPSA) is 251 Å². The lowest BCUT2D eigenvalue weighted by Gasteiger charge is -2.14. The van der Waals surface area contributed by atoms with E-state index < -0.39 is 206 Å². The first kappa shape index (κ1) is 66.0. The van der Waals surface area contributed by atoms with E-state index in [4.69, 9.17) is 37.9 Å². The number of nitrogens with zero attached hydrogens (tertiary/aromatic N) is 6. The first-order valence-electron chi connectivity index (χ1n) is 28.9. The van der Waals surface area contributed by atoms with Crippen LogP contribution < -0.4 is 18.9 Å². The number of carbonyl (C=O) groups excluding carboxylic acids is 4. The van der Waals surface area contributed by atoms with Crippen LogP contribution >= 0.6 is 0 Å². The minimum absolute atomic E-state index is 0.00296. The third-order valence-corrected chi connectivity index (χ3v) is 15.9. The van der Waals surface area contributed by atoms with E-state index in [0.29, 0.717) is 11.1 Å². The Bertz CT molecular complexity index is 5640. The van der Waals surface area contributed by atoms with Gasteiger partial charge in [-0.3, -0.25) is 9.59 Å². The second kappa shape index (κ2) is 25.4. The number of aromatic nitrogens is 8. The van der Waals surface area contributed by atoms with Crippen molar-refractivity contribution in [3.05, 3.63) is 187 Å². The summed E-state index contributed by atoms with van der Waals surface area (Å²) in [5.74, 6) is -39.0. The number of H-pyrrole nitrogens is 2. The summed E-state index contributed by atoms with van der Waals surface area (Å²) in [6.45, 7) is 5.12. The van der Waals surface area contributed by atoms with E-state index in [-0.39, 0.29) is 71.0 Å². The van der Waals surface area contributed by atoms with Crippen molar-refractivity contribution in [1.29, 1.82) is 0 Å². The lowest BCUT2D eigenvalue weighted by atomic mass is 10.1. The number of ether oxygens (including phenoxy) is 8. The molecule has 0 atom stereocenters. The van der Waals surface area contributed by atoms with Crippen molar-refractivity contribution in [2.24, 2.45) is 0 Å². The molecule has 506 valence electrons. The molecule has 3 aromatic heterocycles. The van der Waals surface area contributed by atoms with E-state index in [1.54, 1.807) is 0 Å². The van der Waals surface area contributed by atoms with Gasteiger partial charge in [-0.25, -0.2) is 74.6 Å². The van der Waals surface area contributed by atoms with Crippen LogP contribution in [0.3, 0.4) is 0 Å². The smallest absolute Gasteiger partial charge is 0.337 e. The Kier molecular flexibility index (Phi) is 16.8. The van der Waals surface area contributed by atoms with Crippen molar-refractivity contribution in [1.82, 2.24) is 39.9 Å². The molecule has 100 heavy (non-hydrogen) atoms. The van der Waals surface area contributed by atoms with E-state index in [1.807, 2.05) is 0 Å². The zero-order chi connectivity index (χ0) is 71.2. The number of nitrogens with one attached hydrogen (secondary N) is 2. The molecule has 2 aliphatic rings. The largest absolute Gasteiger partial charge is 0.465 e. The summed E-state index contributed by atoms with van der Waals surface area (Å²) in [5.41, 5.74) is -9.11. The normalized spacial score (nSPS) is 11.5. The van der Waals surface area contributed by atoms with Gasteiger partial charge in [-0.2, -0.15) is 17.6 Å². The fraction of sp³-hybridized carbons (Fsp3) is 0.118. The number of benzene rings is 8. The molecule has 0 aliphatic carbocycles. The Labute approximate surface area is 550 Å². The van der Waals surface area contributed by atoms with E-state index in [0.717, 1.165) is 50.6 Å². The average molecular weight is 1390 g/mol. The lowest BCUT2D eigenvalue weighted by molar-refractivity contribution is -0.130. The van der Waals surface area contributed by atoms with Gasteiger partial charge in [0.2, 0.25) is 46.3 Å². The number of rotatable bonds is 16. The highest BCUT2D eigenvalue weighted by Crippen LogP contribution is 2.50. The molecule has 0 saturated heterocycles. The fourth-order valence-electron chi connectivity index (χ4n) is 11.2. The number of carbonyl (C=O) groups is 4. The van der Waals surface area contributed by atoms with Gasteiger partial charge in [0.1, 0.15) is 58.8 Å².